The Morgan fingerprint density at radius 1 is 0.889 bits per heavy atom. The zero-order chi connectivity index (χ0) is 19.4. The average Bonchev–Trinajstić information content (AvgIpc) is 2.91. The van der Waals surface area contributed by atoms with Gasteiger partial charge >= 0.3 is 0 Å². The summed E-state index contributed by atoms with van der Waals surface area (Å²) in [5.74, 6) is -0.245. The molecule has 0 atom stereocenters. The molecule has 2 aromatic rings. The van der Waals surface area contributed by atoms with Crippen LogP contribution in [-0.2, 0) is 9.59 Å². The molecule has 0 aromatic heterocycles. The Hall–Kier alpha value is -3.48. The summed E-state index contributed by atoms with van der Waals surface area (Å²) in [6.45, 7) is 0.0999. The van der Waals surface area contributed by atoms with Gasteiger partial charge in [-0.25, -0.2) is 0 Å². The minimum atomic E-state index is -0.751. The second-order valence-electron chi connectivity index (χ2n) is 5.71. The highest BCUT2D eigenvalue weighted by atomic mass is 16.5. The van der Waals surface area contributed by atoms with Gasteiger partial charge in [0.05, 0.1) is 26.3 Å². The quantitative estimate of drug-likeness (QED) is 0.755. The topological polar surface area (TPSA) is 85.3 Å². The van der Waals surface area contributed by atoms with E-state index in [9.17, 15) is 14.7 Å². The highest BCUT2D eigenvalue weighted by Crippen LogP contribution is 2.33. The summed E-state index contributed by atoms with van der Waals surface area (Å²) in [5, 5.41) is 10.2. The molecule has 2 aromatic carbocycles. The number of carbonyl (C=O) groups is 2. The van der Waals surface area contributed by atoms with Crippen LogP contribution in [0.25, 0.3) is 5.57 Å². The van der Waals surface area contributed by atoms with Crippen LogP contribution in [0.2, 0.25) is 0 Å². The van der Waals surface area contributed by atoms with Gasteiger partial charge in [-0.3, -0.25) is 14.5 Å². The van der Waals surface area contributed by atoms with E-state index in [0.29, 0.717) is 22.8 Å². The SMILES string of the molecule is COc1ccc(OCCN2C(=O)C(O)=C(c3ccccc3OC)C2=O)cc1. The van der Waals surface area contributed by atoms with E-state index in [1.807, 2.05) is 0 Å². The highest BCUT2D eigenvalue weighted by molar-refractivity contribution is 6.35. The number of aliphatic hydroxyl groups excluding tert-OH is 1. The number of imide groups is 1. The van der Waals surface area contributed by atoms with Gasteiger partial charge in [0.2, 0.25) is 0 Å². The second kappa shape index (κ2) is 7.82. The largest absolute Gasteiger partial charge is 0.502 e. The van der Waals surface area contributed by atoms with Crippen molar-refractivity contribution < 1.29 is 28.9 Å². The number of benzene rings is 2. The van der Waals surface area contributed by atoms with Crippen molar-refractivity contribution in [2.24, 2.45) is 0 Å². The molecule has 1 aliphatic rings. The van der Waals surface area contributed by atoms with Crippen LogP contribution in [0, 0.1) is 0 Å². The van der Waals surface area contributed by atoms with Crippen molar-refractivity contribution in [3.63, 3.8) is 0 Å². The van der Waals surface area contributed by atoms with Crippen LogP contribution < -0.4 is 14.2 Å². The van der Waals surface area contributed by atoms with Crippen LogP contribution >= 0.6 is 0 Å². The van der Waals surface area contributed by atoms with Crippen molar-refractivity contribution in [1.82, 2.24) is 4.90 Å². The third kappa shape index (κ3) is 3.57. The molecule has 0 fully saturated rings. The first-order chi connectivity index (χ1) is 13.1. The molecule has 7 nitrogen and oxygen atoms in total. The second-order valence-corrected chi connectivity index (χ2v) is 5.71. The normalized spacial score (nSPS) is 13.9. The Labute approximate surface area is 156 Å². The molecule has 0 spiro atoms. The van der Waals surface area contributed by atoms with Crippen LogP contribution in [0.3, 0.4) is 0 Å². The maximum absolute atomic E-state index is 12.7. The maximum Gasteiger partial charge on any atom is 0.296 e. The van der Waals surface area contributed by atoms with Crippen LogP contribution in [0.4, 0.5) is 0 Å². The summed E-state index contributed by atoms with van der Waals surface area (Å²) in [6, 6.07) is 13.6. The Morgan fingerprint density at radius 2 is 1.56 bits per heavy atom. The summed E-state index contributed by atoms with van der Waals surface area (Å²) in [5.41, 5.74) is 0.302. The van der Waals surface area contributed by atoms with Gasteiger partial charge in [0.25, 0.3) is 11.8 Å². The lowest BCUT2D eigenvalue weighted by atomic mass is 10.0. The Balaban J connectivity index is 1.70. The highest BCUT2D eigenvalue weighted by Gasteiger charge is 2.40. The van der Waals surface area contributed by atoms with E-state index in [2.05, 4.69) is 0 Å². The molecule has 2 amide bonds. The van der Waals surface area contributed by atoms with E-state index in [1.165, 1.54) is 7.11 Å². The molecule has 0 bridgehead atoms. The lowest BCUT2D eigenvalue weighted by molar-refractivity contribution is -0.138. The smallest absolute Gasteiger partial charge is 0.296 e. The van der Waals surface area contributed by atoms with E-state index in [-0.39, 0.29) is 18.7 Å². The molecule has 1 aliphatic heterocycles. The van der Waals surface area contributed by atoms with Gasteiger partial charge in [-0.05, 0) is 30.3 Å². The lowest BCUT2D eigenvalue weighted by Gasteiger charge is -2.15. The number of carbonyl (C=O) groups excluding carboxylic acids is 2. The Kier molecular flexibility index (Phi) is 5.30. The molecule has 0 aliphatic carbocycles. The Bertz CT molecular complexity index is 888. The summed E-state index contributed by atoms with van der Waals surface area (Å²) in [6.07, 6.45) is 0. The van der Waals surface area contributed by atoms with Gasteiger partial charge in [-0.1, -0.05) is 18.2 Å². The summed E-state index contributed by atoms with van der Waals surface area (Å²) in [7, 11) is 3.03. The van der Waals surface area contributed by atoms with Crippen molar-refractivity contribution in [3.8, 4) is 17.2 Å². The molecule has 7 heteroatoms. The first-order valence-electron chi connectivity index (χ1n) is 8.26. The van der Waals surface area contributed by atoms with Crippen molar-refractivity contribution in [2.45, 2.75) is 0 Å². The predicted octanol–water partition coefficient (Wildman–Crippen LogP) is 2.42. The van der Waals surface area contributed by atoms with Gasteiger partial charge in [0.15, 0.2) is 5.76 Å². The van der Waals surface area contributed by atoms with E-state index in [0.717, 1.165) is 4.90 Å². The van der Waals surface area contributed by atoms with Gasteiger partial charge < -0.3 is 19.3 Å². The van der Waals surface area contributed by atoms with Crippen LogP contribution in [0.1, 0.15) is 5.56 Å². The summed E-state index contributed by atoms with van der Waals surface area (Å²) >= 11 is 0. The fourth-order valence-corrected chi connectivity index (χ4v) is 2.79. The number of nitrogens with zero attached hydrogens (tertiary/aromatic N) is 1. The average molecular weight is 369 g/mol. The molecular weight excluding hydrogens is 350 g/mol. The molecule has 140 valence electrons. The minimum Gasteiger partial charge on any atom is -0.502 e. The van der Waals surface area contributed by atoms with E-state index in [4.69, 9.17) is 14.2 Å². The van der Waals surface area contributed by atoms with Crippen molar-refractivity contribution >= 4 is 17.4 Å². The number of aliphatic hydroxyl groups is 1. The predicted molar refractivity (Wildman–Crippen MR) is 97.8 cm³/mol. The standard InChI is InChI=1S/C20H19NO6/c1-25-13-7-9-14(10-8-13)27-12-11-21-19(23)17(18(22)20(21)24)15-5-3-4-6-16(15)26-2/h3-10,22H,11-12H2,1-2H3. The summed E-state index contributed by atoms with van der Waals surface area (Å²) in [4.78, 5) is 25.9. The number of amides is 2. The molecule has 3 rings (SSSR count). The third-order valence-electron chi connectivity index (χ3n) is 4.16. The number of ether oxygens (including phenoxy) is 3. The third-order valence-corrected chi connectivity index (χ3v) is 4.16. The number of methoxy groups -OCH3 is 2. The minimum absolute atomic E-state index is 0.00635. The summed E-state index contributed by atoms with van der Waals surface area (Å²) < 4.78 is 15.9. The lowest BCUT2D eigenvalue weighted by Crippen LogP contribution is -2.35. The maximum atomic E-state index is 12.7. The van der Waals surface area contributed by atoms with Crippen molar-refractivity contribution in [2.75, 3.05) is 27.4 Å². The van der Waals surface area contributed by atoms with E-state index >= 15 is 0 Å². The molecule has 0 unspecified atom stereocenters. The van der Waals surface area contributed by atoms with Gasteiger partial charge in [0.1, 0.15) is 23.9 Å². The van der Waals surface area contributed by atoms with Crippen LogP contribution in [-0.4, -0.2) is 49.2 Å². The molecule has 1 heterocycles. The number of para-hydroxylation sites is 1. The molecule has 0 saturated carbocycles. The molecule has 0 radical (unpaired) electrons. The fraction of sp³-hybridized carbons (Fsp3) is 0.200. The number of hydrogen-bond donors (Lipinski definition) is 1. The number of hydrogen-bond acceptors (Lipinski definition) is 6. The van der Waals surface area contributed by atoms with Gasteiger partial charge in [-0.15, -0.1) is 0 Å². The first-order valence-corrected chi connectivity index (χ1v) is 8.26. The van der Waals surface area contributed by atoms with Crippen molar-refractivity contribution in [3.05, 3.63) is 59.9 Å². The van der Waals surface area contributed by atoms with Gasteiger partial charge in [0, 0.05) is 5.56 Å². The molecular formula is C20H19NO6. The molecule has 27 heavy (non-hydrogen) atoms. The molecule has 0 saturated heterocycles. The van der Waals surface area contributed by atoms with Gasteiger partial charge in [-0.2, -0.15) is 0 Å². The van der Waals surface area contributed by atoms with E-state index in [1.54, 1.807) is 55.6 Å². The van der Waals surface area contributed by atoms with Crippen molar-refractivity contribution in [1.29, 1.82) is 0 Å². The molecule has 1 N–H and O–H groups in total. The number of rotatable bonds is 7. The monoisotopic (exact) mass is 369 g/mol. The van der Waals surface area contributed by atoms with Crippen LogP contribution in [0.15, 0.2) is 54.3 Å². The first kappa shape index (κ1) is 18.3. The van der Waals surface area contributed by atoms with Crippen LogP contribution in [0.5, 0.6) is 17.2 Å². The Morgan fingerprint density at radius 3 is 2.22 bits per heavy atom. The zero-order valence-corrected chi connectivity index (χ0v) is 15.0. The van der Waals surface area contributed by atoms with E-state index < -0.39 is 17.6 Å². The zero-order valence-electron chi connectivity index (χ0n) is 15.0. The fourth-order valence-electron chi connectivity index (χ4n) is 2.79.